The highest BCUT2D eigenvalue weighted by Gasteiger charge is 2.32. The summed E-state index contributed by atoms with van der Waals surface area (Å²) in [6.07, 6.45) is 2.50. The number of ether oxygens (including phenoxy) is 2. The SMILES string of the molecule is CCOC(=O)C(CC)C1CCN(C(=O)OCCc2nc(-c3ccc(Br)cc3)oc2C)CC1. The first-order valence-electron chi connectivity index (χ1n) is 11.2. The molecule has 1 aromatic carbocycles. The average molecular weight is 507 g/mol. The molecule has 1 saturated heterocycles. The van der Waals surface area contributed by atoms with Gasteiger partial charge in [0.05, 0.1) is 24.8 Å². The van der Waals surface area contributed by atoms with Crippen LogP contribution in [-0.2, 0) is 20.7 Å². The van der Waals surface area contributed by atoms with Crippen LogP contribution in [0.15, 0.2) is 33.2 Å². The fourth-order valence-electron chi connectivity index (χ4n) is 4.13. The highest BCUT2D eigenvalue weighted by molar-refractivity contribution is 9.10. The third kappa shape index (κ3) is 6.12. The molecule has 0 saturated carbocycles. The minimum Gasteiger partial charge on any atom is -0.466 e. The van der Waals surface area contributed by atoms with Gasteiger partial charge in [0.1, 0.15) is 5.76 Å². The molecule has 0 bridgehead atoms. The average Bonchev–Trinajstić information content (AvgIpc) is 3.16. The van der Waals surface area contributed by atoms with E-state index in [4.69, 9.17) is 13.9 Å². The summed E-state index contributed by atoms with van der Waals surface area (Å²) in [5.74, 6) is 1.32. The monoisotopic (exact) mass is 506 g/mol. The molecule has 32 heavy (non-hydrogen) atoms. The molecular weight excluding hydrogens is 476 g/mol. The van der Waals surface area contributed by atoms with Gasteiger partial charge in [0.25, 0.3) is 0 Å². The molecule has 1 aromatic heterocycles. The van der Waals surface area contributed by atoms with Gasteiger partial charge in [-0.1, -0.05) is 22.9 Å². The van der Waals surface area contributed by atoms with Crippen molar-refractivity contribution in [3.8, 4) is 11.5 Å². The van der Waals surface area contributed by atoms with E-state index in [1.807, 2.05) is 45.0 Å². The summed E-state index contributed by atoms with van der Waals surface area (Å²) in [6, 6.07) is 7.76. The Labute approximate surface area is 197 Å². The van der Waals surface area contributed by atoms with E-state index in [0.717, 1.165) is 40.8 Å². The van der Waals surface area contributed by atoms with Crippen LogP contribution >= 0.6 is 15.9 Å². The first-order chi connectivity index (χ1) is 15.4. The van der Waals surface area contributed by atoms with E-state index in [9.17, 15) is 9.59 Å². The summed E-state index contributed by atoms with van der Waals surface area (Å²) < 4.78 is 17.5. The zero-order chi connectivity index (χ0) is 23.1. The van der Waals surface area contributed by atoms with Crippen LogP contribution in [0.3, 0.4) is 0 Å². The number of benzene rings is 1. The molecule has 0 spiro atoms. The Hall–Kier alpha value is -2.35. The van der Waals surface area contributed by atoms with Crippen LogP contribution < -0.4 is 0 Å². The van der Waals surface area contributed by atoms with Crippen molar-refractivity contribution < 1.29 is 23.5 Å². The third-order valence-electron chi connectivity index (χ3n) is 5.94. The van der Waals surface area contributed by atoms with E-state index in [2.05, 4.69) is 20.9 Å². The standard InChI is InChI=1S/C24H31BrN2O5/c1-4-20(23(28)30-5-2)17-10-13-27(14-11-17)24(29)31-15-12-21-16(3)32-22(26-21)18-6-8-19(25)9-7-18/h6-9,17,20H,4-5,10-15H2,1-3H3. The fourth-order valence-corrected chi connectivity index (χ4v) is 4.39. The zero-order valence-corrected chi connectivity index (χ0v) is 20.5. The van der Waals surface area contributed by atoms with Crippen LogP contribution in [0.2, 0.25) is 0 Å². The van der Waals surface area contributed by atoms with Crippen LogP contribution in [0, 0.1) is 18.8 Å². The maximum Gasteiger partial charge on any atom is 0.409 e. The molecule has 174 valence electrons. The molecule has 0 aliphatic carbocycles. The number of halogens is 1. The smallest absolute Gasteiger partial charge is 0.409 e. The van der Waals surface area contributed by atoms with Crippen LogP contribution in [0.4, 0.5) is 4.79 Å². The van der Waals surface area contributed by atoms with Crippen LogP contribution in [0.1, 0.15) is 44.6 Å². The maximum atomic E-state index is 12.5. The van der Waals surface area contributed by atoms with Crippen molar-refractivity contribution in [3.63, 3.8) is 0 Å². The summed E-state index contributed by atoms with van der Waals surface area (Å²) in [5, 5.41) is 0. The number of piperidine rings is 1. The molecular formula is C24H31BrN2O5. The van der Waals surface area contributed by atoms with E-state index in [1.54, 1.807) is 4.90 Å². The number of rotatable bonds is 8. The van der Waals surface area contributed by atoms with Crippen LogP contribution in [0.25, 0.3) is 11.5 Å². The second-order valence-electron chi connectivity index (χ2n) is 7.98. The Morgan fingerprint density at radius 2 is 1.88 bits per heavy atom. The van der Waals surface area contributed by atoms with Crippen molar-refractivity contribution in [2.45, 2.75) is 46.5 Å². The number of hydrogen-bond donors (Lipinski definition) is 0. The van der Waals surface area contributed by atoms with Crippen LogP contribution in [0.5, 0.6) is 0 Å². The third-order valence-corrected chi connectivity index (χ3v) is 6.47. The lowest BCUT2D eigenvalue weighted by atomic mass is 9.83. The number of aryl methyl sites for hydroxylation is 1. The molecule has 1 unspecified atom stereocenters. The first-order valence-corrected chi connectivity index (χ1v) is 12.0. The molecule has 1 aliphatic heterocycles. The lowest BCUT2D eigenvalue weighted by molar-refractivity contribution is -0.150. The molecule has 2 aromatic rings. The van der Waals surface area contributed by atoms with Crippen LogP contribution in [-0.4, -0.2) is 48.2 Å². The van der Waals surface area contributed by atoms with Gasteiger partial charge in [-0.2, -0.15) is 0 Å². The Bertz CT molecular complexity index is 904. The second kappa shape index (κ2) is 11.5. The lowest BCUT2D eigenvalue weighted by Crippen LogP contribution is -2.42. The number of hydrogen-bond acceptors (Lipinski definition) is 6. The van der Waals surface area contributed by atoms with Crippen molar-refractivity contribution in [2.75, 3.05) is 26.3 Å². The largest absolute Gasteiger partial charge is 0.466 e. The van der Waals surface area contributed by atoms with E-state index in [0.29, 0.717) is 32.0 Å². The number of carbonyl (C=O) groups excluding carboxylic acids is 2. The minimum absolute atomic E-state index is 0.0943. The van der Waals surface area contributed by atoms with Crippen molar-refractivity contribution >= 4 is 28.0 Å². The second-order valence-corrected chi connectivity index (χ2v) is 8.90. The highest BCUT2D eigenvalue weighted by atomic mass is 79.9. The maximum absolute atomic E-state index is 12.5. The number of amides is 1. The van der Waals surface area contributed by atoms with Gasteiger partial charge in [0.2, 0.25) is 5.89 Å². The molecule has 1 aliphatic rings. The molecule has 3 rings (SSSR count). The molecule has 1 fully saturated rings. The Morgan fingerprint density at radius 3 is 2.50 bits per heavy atom. The molecule has 8 heteroatoms. The van der Waals surface area contributed by atoms with Gasteiger partial charge in [-0.05, 0) is 63.3 Å². The molecule has 2 heterocycles. The zero-order valence-electron chi connectivity index (χ0n) is 18.9. The van der Waals surface area contributed by atoms with Gasteiger partial charge < -0.3 is 18.8 Å². The summed E-state index contributed by atoms with van der Waals surface area (Å²) in [4.78, 5) is 30.9. The highest BCUT2D eigenvalue weighted by Crippen LogP contribution is 2.29. The van der Waals surface area contributed by atoms with Gasteiger partial charge in [-0.3, -0.25) is 4.79 Å². The van der Waals surface area contributed by atoms with E-state index < -0.39 is 0 Å². The van der Waals surface area contributed by atoms with Crippen molar-refractivity contribution in [2.24, 2.45) is 11.8 Å². The lowest BCUT2D eigenvalue weighted by Gasteiger charge is -2.34. The number of likely N-dealkylation sites (tertiary alicyclic amines) is 1. The van der Waals surface area contributed by atoms with Gasteiger partial charge >= 0.3 is 12.1 Å². The summed E-state index contributed by atoms with van der Waals surface area (Å²) in [6.45, 7) is 7.53. The predicted molar refractivity (Wildman–Crippen MR) is 124 cm³/mol. The van der Waals surface area contributed by atoms with E-state index >= 15 is 0 Å². The van der Waals surface area contributed by atoms with Gasteiger partial charge in [-0.15, -0.1) is 0 Å². The molecule has 0 N–H and O–H groups in total. The molecule has 7 nitrogen and oxygen atoms in total. The van der Waals surface area contributed by atoms with Crippen molar-refractivity contribution in [1.82, 2.24) is 9.88 Å². The van der Waals surface area contributed by atoms with Crippen molar-refractivity contribution in [1.29, 1.82) is 0 Å². The number of carbonyl (C=O) groups is 2. The molecule has 0 radical (unpaired) electrons. The number of nitrogens with zero attached hydrogens (tertiary/aromatic N) is 2. The van der Waals surface area contributed by atoms with Gasteiger partial charge in [0.15, 0.2) is 0 Å². The van der Waals surface area contributed by atoms with Crippen molar-refractivity contribution in [3.05, 3.63) is 40.2 Å². The quantitative estimate of drug-likeness (QED) is 0.446. The Kier molecular flexibility index (Phi) is 8.73. The first kappa shape index (κ1) is 24.3. The number of oxazole rings is 1. The number of esters is 1. The topological polar surface area (TPSA) is 81.9 Å². The Balaban J connectivity index is 1.46. The fraction of sp³-hybridized carbons (Fsp3) is 0.542. The van der Waals surface area contributed by atoms with Gasteiger partial charge in [-0.25, -0.2) is 9.78 Å². The van der Waals surface area contributed by atoms with Gasteiger partial charge in [0, 0.05) is 29.5 Å². The summed E-state index contributed by atoms with van der Waals surface area (Å²) >= 11 is 3.42. The van der Waals surface area contributed by atoms with E-state index in [1.165, 1.54) is 0 Å². The molecule has 1 atom stereocenters. The van der Waals surface area contributed by atoms with E-state index in [-0.39, 0.29) is 30.5 Å². The summed E-state index contributed by atoms with van der Waals surface area (Å²) in [5.41, 5.74) is 1.69. The normalized spacial score (nSPS) is 15.4. The minimum atomic E-state index is -0.318. The Morgan fingerprint density at radius 1 is 1.19 bits per heavy atom. The summed E-state index contributed by atoms with van der Waals surface area (Å²) in [7, 11) is 0. The molecule has 1 amide bonds. The number of aromatic nitrogens is 1. The predicted octanol–water partition coefficient (Wildman–Crippen LogP) is 5.39.